The van der Waals surface area contributed by atoms with Crippen LogP contribution in [0.2, 0.25) is 0 Å². The summed E-state index contributed by atoms with van der Waals surface area (Å²) in [6, 6.07) is 0. The third-order valence-corrected chi connectivity index (χ3v) is 0.863. The van der Waals surface area contributed by atoms with Crippen molar-refractivity contribution in [3.8, 4) is 0 Å². The smallest absolute Gasteiger partial charge is 0.393 e. The van der Waals surface area contributed by atoms with E-state index >= 15 is 0 Å². The molecule has 0 fully saturated rings. The van der Waals surface area contributed by atoms with Gasteiger partial charge < -0.3 is 9.25 Å². The number of nitrogens with zero attached hydrogens (tertiary/aromatic N) is 2. The van der Waals surface area contributed by atoms with Crippen molar-refractivity contribution in [1.29, 1.82) is 0 Å². The van der Waals surface area contributed by atoms with E-state index in [0.29, 0.717) is 6.39 Å². The molecular formula is C4HF3N2O4. The van der Waals surface area contributed by atoms with E-state index in [9.17, 15) is 22.8 Å². The highest BCUT2D eigenvalue weighted by atomic mass is 19.4. The highest BCUT2D eigenvalue weighted by molar-refractivity contribution is 5.75. The van der Waals surface area contributed by atoms with Crippen LogP contribution in [0.25, 0.3) is 0 Å². The van der Waals surface area contributed by atoms with E-state index in [1.807, 2.05) is 0 Å². The standard InChI is InChI=1S/C4HF3N2O4/c5-4(6,7)2(10)13-9-3(11)12-1-8-9/h1H. The van der Waals surface area contributed by atoms with Gasteiger partial charge in [0.15, 0.2) is 0 Å². The normalized spacial score (nSPS) is 11.3. The SMILES string of the molecule is O=C(On1ncoc1=O)C(F)(F)F. The van der Waals surface area contributed by atoms with Crippen molar-refractivity contribution >= 4 is 5.97 Å². The number of carbonyl (C=O) groups excluding carboxylic acids is 1. The van der Waals surface area contributed by atoms with Crippen LogP contribution >= 0.6 is 0 Å². The molecule has 0 amide bonds. The Hall–Kier alpha value is -1.80. The van der Waals surface area contributed by atoms with Crippen LogP contribution in [0.1, 0.15) is 0 Å². The summed E-state index contributed by atoms with van der Waals surface area (Å²) in [4.78, 5) is 23.7. The van der Waals surface area contributed by atoms with E-state index in [4.69, 9.17) is 0 Å². The Balaban J connectivity index is 2.77. The Kier molecular flexibility index (Phi) is 2.09. The largest absolute Gasteiger partial charge is 0.493 e. The van der Waals surface area contributed by atoms with Crippen LogP contribution in [0.5, 0.6) is 0 Å². The fourth-order valence-electron chi connectivity index (χ4n) is 0.395. The fraction of sp³-hybridized carbons (Fsp3) is 0.250. The van der Waals surface area contributed by atoms with Crippen molar-refractivity contribution in [2.45, 2.75) is 6.18 Å². The molecule has 13 heavy (non-hydrogen) atoms. The van der Waals surface area contributed by atoms with Crippen molar-refractivity contribution in [2.75, 3.05) is 0 Å². The Labute approximate surface area is 67.5 Å². The molecule has 0 aromatic carbocycles. The van der Waals surface area contributed by atoms with Gasteiger partial charge in [-0.05, 0) is 4.85 Å². The van der Waals surface area contributed by atoms with E-state index in [2.05, 4.69) is 14.4 Å². The molecule has 0 bridgehead atoms. The molecular weight excluding hydrogens is 197 g/mol. The first-order valence-corrected chi connectivity index (χ1v) is 2.73. The summed E-state index contributed by atoms with van der Waals surface area (Å²) >= 11 is 0. The molecule has 0 aliphatic heterocycles. The molecule has 1 aromatic heterocycles. The maximum Gasteiger partial charge on any atom is 0.493 e. The molecule has 0 aliphatic rings. The molecule has 6 nitrogen and oxygen atoms in total. The first kappa shape index (κ1) is 9.29. The number of alkyl halides is 3. The third-order valence-electron chi connectivity index (χ3n) is 0.863. The van der Waals surface area contributed by atoms with Crippen LogP contribution in [0.4, 0.5) is 13.2 Å². The van der Waals surface area contributed by atoms with E-state index < -0.39 is 17.9 Å². The van der Waals surface area contributed by atoms with E-state index in [-0.39, 0.29) is 4.85 Å². The van der Waals surface area contributed by atoms with Crippen LogP contribution in [-0.4, -0.2) is 22.1 Å². The summed E-state index contributed by atoms with van der Waals surface area (Å²) in [5.74, 6) is -3.87. The quantitative estimate of drug-likeness (QED) is 0.599. The summed E-state index contributed by atoms with van der Waals surface area (Å²) in [5.41, 5.74) is 0. The second-order valence-corrected chi connectivity index (χ2v) is 1.75. The molecule has 0 aliphatic carbocycles. The Morgan fingerprint density at radius 1 is 1.62 bits per heavy atom. The van der Waals surface area contributed by atoms with Gasteiger partial charge >= 0.3 is 17.9 Å². The molecule has 0 atom stereocenters. The van der Waals surface area contributed by atoms with Gasteiger partial charge in [0, 0.05) is 0 Å². The molecule has 72 valence electrons. The number of rotatable bonds is 1. The van der Waals surface area contributed by atoms with Gasteiger partial charge in [0.1, 0.15) is 0 Å². The van der Waals surface area contributed by atoms with Gasteiger partial charge in [0.25, 0.3) is 0 Å². The topological polar surface area (TPSA) is 74.3 Å². The molecule has 1 rings (SSSR count). The highest BCUT2D eigenvalue weighted by Gasteiger charge is 2.42. The summed E-state index contributed by atoms with van der Waals surface area (Å²) in [6.45, 7) is 0. The molecule has 0 saturated carbocycles. The predicted molar refractivity (Wildman–Crippen MR) is 28.4 cm³/mol. The number of hydrogen-bond acceptors (Lipinski definition) is 5. The highest BCUT2D eigenvalue weighted by Crippen LogP contribution is 2.14. The lowest BCUT2D eigenvalue weighted by Gasteiger charge is -2.02. The fourth-order valence-corrected chi connectivity index (χ4v) is 0.395. The second-order valence-electron chi connectivity index (χ2n) is 1.75. The molecule has 0 N–H and O–H groups in total. The van der Waals surface area contributed by atoms with Gasteiger partial charge in [-0.25, -0.2) is 9.59 Å². The molecule has 1 heterocycles. The minimum Gasteiger partial charge on any atom is -0.393 e. The lowest BCUT2D eigenvalue weighted by molar-refractivity contribution is -0.202. The van der Waals surface area contributed by atoms with Crippen molar-refractivity contribution in [2.24, 2.45) is 0 Å². The average Bonchev–Trinajstić information content (AvgIpc) is 2.34. The molecule has 0 unspecified atom stereocenters. The predicted octanol–water partition coefficient (Wildman–Crippen LogP) is -0.646. The number of hydrogen-bond donors (Lipinski definition) is 0. The monoisotopic (exact) mass is 198 g/mol. The van der Waals surface area contributed by atoms with Crippen LogP contribution in [0.3, 0.4) is 0 Å². The summed E-state index contributed by atoms with van der Waals surface area (Å²) in [6.07, 6.45) is -4.65. The molecule has 0 saturated heterocycles. The van der Waals surface area contributed by atoms with Gasteiger partial charge in [-0.3, -0.25) is 0 Å². The summed E-state index contributed by atoms with van der Waals surface area (Å²) in [7, 11) is 0. The first-order chi connectivity index (χ1) is 5.91. The zero-order valence-corrected chi connectivity index (χ0v) is 5.74. The van der Waals surface area contributed by atoms with E-state index in [0.717, 1.165) is 0 Å². The third kappa shape index (κ3) is 2.07. The minimum absolute atomic E-state index is 0.212. The van der Waals surface area contributed by atoms with Crippen molar-refractivity contribution in [3.05, 3.63) is 16.9 Å². The molecule has 0 spiro atoms. The summed E-state index contributed by atoms with van der Waals surface area (Å²) < 4.78 is 38.5. The van der Waals surface area contributed by atoms with Crippen LogP contribution < -0.4 is 10.6 Å². The Morgan fingerprint density at radius 3 is 2.62 bits per heavy atom. The van der Waals surface area contributed by atoms with Gasteiger partial charge in [-0.15, -0.1) is 0 Å². The molecule has 0 radical (unpaired) electrons. The average molecular weight is 198 g/mol. The lowest BCUT2D eigenvalue weighted by atomic mass is 10.7. The first-order valence-electron chi connectivity index (χ1n) is 2.73. The van der Waals surface area contributed by atoms with Crippen LogP contribution in [0.15, 0.2) is 15.6 Å². The molecule has 1 aromatic rings. The zero-order valence-electron chi connectivity index (χ0n) is 5.74. The van der Waals surface area contributed by atoms with Crippen molar-refractivity contribution in [3.63, 3.8) is 0 Å². The Morgan fingerprint density at radius 2 is 2.23 bits per heavy atom. The summed E-state index contributed by atoms with van der Waals surface area (Å²) in [5, 5.41) is 2.86. The van der Waals surface area contributed by atoms with Crippen molar-refractivity contribution < 1.29 is 27.2 Å². The maximum absolute atomic E-state index is 11.5. The van der Waals surface area contributed by atoms with Crippen molar-refractivity contribution in [1.82, 2.24) is 9.94 Å². The van der Waals surface area contributed by atoms with Gasteiger partial charge in [-0.1, -0.05) is 5.10 Å². The van der Waals surface area contributed by atoms with E-state index in [1.54, 1.807) is 0 Å². The lowest BCUT2D eigenvalue weighted by Crippen LogP contribution is -2.37. The van der Waals surface area contributed by atoms with Gasteiger partial charge in [0.05, 0.1) is 0 Å². The number of aromatic nitrogens is 2. The minimum atomic E-state index is -5.18. The van der Waals surface area contributed by atoms with Crippen LogP contribution in [-0.2, 0) is 4.79 Å². The maximum atomic E-state index is 11.5. The van der Waals surface area contributed by atoms with E-state index in [1.165, 1.54) is 0 Å². The molecule has 9 heteroatoms. The van der Waals surface area contributed by atoms with Gasteiger partial charge in [0.2, 0.25) is 6.39 Å². The second kappa shape index (κ2) is 2.92. The van der Waals surface area contributed by atoms with Gasteiger partial charge in [-0.2, -0.15) is 13.2 Å². The number of halogens is 3. The zero-order chi connectivity index (χ0) is 10.1. The Bertz CT molecular complexity index is 364. The number of carbonyl (C=O) groups is 1. The van der Waals surface area contributed by atoms with Crippen LogP contribution in [0, 0.1) is 0 Å².